The summed E-state index contributed by atoms with van der Waals surface area (Å²) < 4.78 is 2.30. The maximum absolute atomic E-state index is 4.28. The van der Waals surface area contributed by atoms with Gasteiger partial charge in [-0.25, -0.2) is 0 Å². The molecule has 0 saturated heterocycles. The van der Waals surface area contributed by atoms with Gasteiger partial charge in [-0.1, -0.05) is 6.92 Å². The number of nitrogens with zero attached hydrogens (tertiary/aromatic N) is 3. The Hall–Kier alpha value is -0.900. The first-order chi connectivity index (χ1) is 7.84. The Morgan fingerprint density at radius 3 is 3.06 bits per heavy atom. The highest BCUT2D eigenvalue weighted by molar-refractivity contribution is 4.98. The zero-order chi connectivity index (χ0) is 11.0. The van der Waals surface area contributed by atoms with Crippen molar-refractivity contribution in [2.75, 3.05) is 6.54 Å². The fraction of sp³-hybridized carbons (Fsp3) is 0.833. The van der Waals surface area contributed by atoms with E-state index in [-0.39, 0.29) is 0 Å². The number of hydrogen-bond acceptors (Lipinski definition) is 3. The standard InChI is InChI=1S/C12H20N4/c1-9-6-10(9)7-13-8-12-15-14-11-4-2-3-5-16(11)12/h9-10,13H,2-8H2,1H3. The smallest absolute Gasteiger partial charge is 0.147 e. The summed E-state index contributed by atoms with van der Waals surface area (Å²) in [6.45, 7) is 5.46. The first kappa shape index (κ1) is 10.3. The first-order valence-corrected chi connectivity index (χ1v) is 6.46. The highest BCUT2D eigenvalue weighted by Gasteiger charge is 2.31. The van der Waals surface area contributed by atoms with Crippen LogP contribution >= 0.6 is 0 Å². The molecule has 0 radical (unpaired) electrons. The van der Waals surface area contributed by atoms with E-state index in [0.717, 1.165) is 43.7 Å². The molecule has 0 amide bonds. The molecule has 0 aromatic carbocycles. The predicted molar refractivity (Wildman–Crippen MR) is 61.9 cm³/mol. The van der Waals surface area contributed by atoms with Crippen molar-refractivity contribution >= 4 is 0 Å². The Morgan fingerprint density at radius 2 is 2.25 bits per heavy atom. The monoisotopic (exact) mass is 220 g/mol. The minimum Gasteiger partial charge on any atom is -0.314 e. The average molecular weight is 220 g/mol. The van der Waals surface area contributed by atoms with Crippen LogP contribution in [0.2, 0.25) is 0 Å². The van der Waals surface area contributed by atoms with Crippen LogP contribution in [0.4, 0.5) is 0 Å². The topological polar surface area (TPSA) is 42.7 Å². The van der Waals surface area contributed by atoms with E-state index in [4.69, 9.17) is 0 Å². The van der Waals surface area contributed by atoms with Gasteiger partial charge in [0.15, 0.2) is 0 Å². The highest BCUT2D eigenvalue weighted by Crippen LogP contribution is 2.36. The summed E-state index contributed by atoms with van der Waals surface area (Å²) >= 11 is 0. The second-order valence-corrected chi connectivity index (χ2v) is 5.25. The number of fused-ring (bicyclic) bond motifs is 1. The van der Waals surface area contributed by atoms with Crippen LogP contribution in [0, 0.1) is 11.8 Å². The van der Waals surface area contributed by atoms with E-state index < -0.39 is 0 Å². The zero-order valence-electron chi connectivity index (χ0n) is 9.95. The third kappa shape index (κ3) is 1.98. The zero-order valence-corrected chi connectivity index (χ0v) is 9.95. The molecule has 1 aliphatic carbocycles. The molecule has 1 aliphatic heterocycles. The van der Waals surface area contributed by atoms with Crippen LogP contribution in [0.1, 0.15) is 37.8 Å². The molecule has 4 heteroatoms. The molecular weight excluding hydrogens is 200 g/mol. The summed E-state index contributed by atoms with van der Waals surface area (Å²) in [5.41, 5.74) is 0. The van der Waals surface area contributed by atoms with Gasteiger partial charge < -0.3 is 9.88 Å². The molecule has 16 heavy (non-hydrogen) atoms. The van der Waals surface area contributed by atoms with Gasteiger partial charge in [0, 0.05) is 13.0 Å². The second-order valence-electron chi connectivity index (χ2n) is 5.25. The van der Waals surface area contributed by atoms with E-state index in [2.05, 4.69) is 27.0 Å². The second kappa shape index (κ2) is 4.17. The van der Waals surface area contributed by atoms with E-state index in [1.807, 2.05) is 0 Å². The largest absolute Gasteiger partial charge is 0.314 e. The Bertz CT molecular complexity index is 371. The van der Waals surface area contributed by atoms with Crippen molar-refractivity contribution in [1.29, 1.82) is 0 Å². The van der Waals surface area contributed by atoms with E-state index in [1.54, 1.807) is 0 Å². The number of hydrogen-bond donors (Lipinski definition) is 1. The molecule has 1 saturated carbocycles. The van der Waals surface area contributed by atoms with Crippen molar-refractivity contribution in [3.05, 3.63) is 11.6 Å². The van der Waals surface area contributed by atoms with Gasteiger partial charge in [0.25, 0.3) is 0 Å². The molecule has 2 atom stereocenters. The van der Waals surface area contributed by atoms with Gasteiger partial charge in [-0.15, -0.1) is 10.2 Å². The molecule has 1 fully saturated rings. The van der Waals surface area contributed by atoms with Crippen molar-refractivity contribution in [1.82, 2.24) is 20.1 Å². The first-order valence-electron chi connectivity index (χ1n) is 6.46. The molecule has 1 N–H and O–H groups in total. The van der Waals surface area contributed by atoms with Crippen LogP contribution in [-0.2, 0) is 19.5 Å². The number of nitrogens with one attached hydrogen (secondary N) is 1. The maximum Gasteiger partial charge on any atom is 0.147 e. The normalized spacial score (nSPS) is 27.8. The molecule has 2 unspecified atom stereocenters. The van der Waals surface area contributed by atoms with Crippen LogP contribution in [-0.4, -0.2) is 21.3 Å². The summed E-state index contributed by atoms with van der Waals surface area (Å²) in [7, 11) is 0. The SMILES string of the molecule is CC1CC1CNCc1nnc2n1CCCC2. The summed E-state index contributed by atoms with van der Waals surface area (Å²) in [4.78, 5) is 0. The average Bonchev–Trinajstić information content (AvgIpc) is 2.86. The third-order valence-electron chi connectivity index (χ3n) is 3.90. The molecule has 2 aliphatic rings. The van der Waals surface area contributed by atoms with E-state index in [0.29, 0.717) is 0 Å². The predicted octanol–water partition coefficient (Wildman–Crippen LogP) is 1.36. The lowest BCUT2D eigenvalue weighted by atomic mass is 10.2. The van der Waals surface area contributed by atoms with Crippen LogP contribution in [0.5, 0.6) is 0 Å². The van der Waals surface area contributed by atoms with Gasteiger partial charge >= 0.3 is 0 Å². The van der Waals surface area contributed by atoms with Gasteiger partial charge in [-0.3, -0.25) is 0 Å². The Labute approximate surface area is 96.4 Å². The van der Waals surface area contributed by atoms with Crippen LogP contribution in [0.25, 0.3) is 0 Å². The summed E-state index contributed by atoms with van der Waals surface area (Å²) in [6, 6.07) is 0. The van der Waals surface area contributed by atoms with E-state index >= 15 is 0 Å². The van der Waals surface area contributed by atoms with E-state index in [1.165, 1.54) is 25.1 Å². The maximum atomic E-state index is 4.28. The lowest BCUT2D eigenvalue weighted by molar-refractivity contribution is 0.493. The molecule has 3 rings (SSSR count). The van der Waals surface area contributed by atoms with Crippen molar-refractivity contribution in [2.24, 2.45) is 11.8 Å². The highest BCUT2D eigenvalue weighted by atomic mass is 15.3. The van der Waals surface area contributed by atoms with Crippen LogP contribution in [0.15, 0.2) is 0 Å². The minimum absolute atomic E-state index is 0.885. The van der Waals surface area contributed by atoms with Crippen molar-refractivity contribution < 1.29 is 0 Å². The van der Waals surface area contributed by atoms with Crippen LogP contribution in [0.3, 0.4) is 0 Å². The summed E-state index contributed by atoms with van der Waals surface area (Å²) in [5.74, 6) is 4.15. The molecule has 4 nitrogen and oxygen atoms in total. The number of rotatable bonds is 4. The minimum atomic E-state index is 0.885. The van der Waals surface area contributed by atoms with Gasteiger partial charge in [0.05, 0.1) is 6.54 Å². The quantitative estimate of drug-likeness (QED) is 0.833. The fourth-order valence-electron chi connectivity index (χ4n) is 2.55. The van der Waals surface area contributed by atoms with Crippen molar-refractivity contribution in [3.8, 4) is 0 Å². The molecule has 0 spiro atoms. The van der Waals surface area contributed by atoms with Gasteiger partial charge in [-0.05, 0) is 37.6 Å². The van der Waals surface area contributed by atoms with E-state index in [9.17, 15) is 0 Å². The number of aromatic nitrogens is 3. The molecule has 2 heterocycles. The molecular formula is C12H20N4. The molecule has 1 aromatic rings. The van der Waals surface area contributed by atoms with Crippen molar-refractivity contribution in [2.45, 2.75) is 45.7 Å². The van der Waals surface area contributed by atoms with Gasteiger partial charge in [0.2, 0.25) is 0 Å². The van der Waals surface area contributed by atoms with Crippen molar-refractivity contribution in [3.63, 3.8) is 0 Å². The van der Waals surface area contributed by atoms with Gasteiger partial charge in [-0.2, -0.15) is 0 Å². The lowest BCUT2D eigenvalue weighted by Crippen LogP contribution is -2.21. The Kier molecular flexibility index (Phi) is 2.67. The summed E-state index contributed by atoms with van der Waals surface area (Å²) in [5, 5.41) is 12.0. The number of aryl methyl sites for hydroxylation is 1. The molecule has 1 aromatic heterocycles. The lowest BCUT2D eigenvalue weighted by Gasteiger charge is -2.14. The molecule has 88 valence electrons. The fourth-order valence-corrected chi connectivity index (χ4v) is 2.55. The Balaban J connectivity index is 1.55. The summed E-state index contributed by atoms with van der Waals surface area (Å²) in [6.07, 6.45) is 5.04. The Morgan fingerprint density at radius 1 is 1.38 bits per heavy atom. The van der Waals surface area contributed by atoms with Crippen LogP contribution < -0.4 is 5.32 Å². The van der Waals surface area contributed by atoms with Gasteiger partial charge in [0.1, 0.15) is 11.6 Å². The third-order valence-corrected chi connectivity index (χ3v) is 3.90. The molecule has 0 bridgehead atoms.